The Balaban J connectivity index is 0.000000143. The van der Waals surface area contributed by atoms with Gasteiger partial charge in [0.15, 0.2) is 11.4 Å². The Morgan fingerprint density at radius 3 is 0.988 bits per heavy atom. The molecular formula is C76H52N8. The van der Waals surface area contributed by atoms with Gasteiger partial charge < -0.3 is 18.3 Å². The van der Waals surface area contributed by atoms with E-state index in [1.54, 1.807) is 0 Å². The highest BCUT2D eigenvalue weighted by molar-refractivity contribution is 6.14. The predicted octanol–water partition coefficient (Wildman–Crippen LogP) is 20.2. The Morgan fingerprint density at radius 2 is 0.595 bits per heavy atom. The molecule has 10 aromatic carbocycles. The largest absolute Gasteiger partial charge is 0.310 e. The standard InChI is InChI=1S/2C38H26N4/c1-24-12-16-35-30(20-24)27-8-4-6-10-33(27)41(35)37-18-19-40-23-32(37)29-15-14-26(39-3)22-38(29)42-34-11-7-5-9-28(34)31-21-25(2)13-17-36(31)42;1-24-12-15-35-29(20-24)27-8-4-6-10-33(27)41(35)37-17-14-26(39-3)22-31(37)32-23-40-19-18-38(32)42-34-11-7-5-9-28(34)30-21-25(2)13-16-36(30)42/h2*4-23H,1-2H3. The SMILES string of the molecule is [C-]#[N+]c1ccc(-c2cnccc2-n2c3ccccc3c3cc(C)ccc32)c(-n2c3ccccc3c3cc(C)ccc32)c1.[C-]#[N+]c1ccc(-n2c3ccccc3c3cc(C)ccc32)c(-c2cnccc2-n2c3ccccc3c3cc(C)ccc32)c1. The number of aryl methyl sites for hydroxylation is 4. The fraction of sp³-hybridized carbons (Fsp3) is 0.0526. The highest BCUT2D eigenvalue weighted by Crippen LogP contribution is 2.44. The minimum Gasteiger partial charge on any atom is -0.310 e. The number of fused-ring (bicyclic) bond motifs is 12. The molecule has 84 heavy (non-hydrogen) atoms. The Morgan fingerprint density at radius 1 is 0.274 bits per heavy atom. The van der Waals surface area contributed by atoms with Crippen molar-refractivity contribution in [2.45, 2.75) is 27.7 Å². The quantitative estimate of drug-likeness (QED) is 0.156. The molecular weight excluding hydrogens is 1020 g/mol. The zero-order chi connectivity index (χ0) is 56.7. The molecule has 0 radical (unpaired) electrons. The second-order valence-electron chi connectivity index (χ2n) is 21.9. The van der Waals surface area contributed by atoms with Gasteiger partial charge in [-0.25, -0.2) is 9.69 Å². The highest BCUT2D eigenvalue weighted by Gasteiger charge is 2.24. The molecule has 0 amide bonds. The Bertz CT molecular complexity index is 5480. The Kier molecular flexibility index (Phi) is 11.7. The van der Waals surface area contributed by atoms with Crippen molar-refractivity contribution in [3.8, 4) is 45.0 Å². The van der Waals surface area contributed by atoms with Crippen LogP contribution in [0.4, 0.5) is 11.4 Å². The van der Waals surface area contributed by atoms with Crippen molar-refractivity contribution >= 4 is 98.6 Å². The van der Waals surface area contributed by atoms with Gasteiger partial charge in [-0.3, -0.25) is 9.97 Å². The van der Waals surface area contributed by atoms with Crippen LogP contribution in [0.1, 0.15) is 22.3 Å². The molecule has 396 valence electrons. The number of aromatic nitrogens is 6. The third-order valence-electron chi connectivity index (χ3n) is 16.7. The third kappa shape index (κ3) is 7.88. The zero-order valence-corrected chi connectivity index (χ0v) is 46.7. The van der Waals surface area contributed by atoms with Crippen LogP contribution in [-0.2, 0) is 0 Å². The average Bonchev–Trinajstić information content (AvgIpc) is 1.99. The number of nitrogens with zero attached hydrogens (tertiary/aromatic N) is 8. The minimum absolute atomic E-state index is 0.595. The summed E-state index contributed by atoms with van der Waals surface area (Å²) in [6.45, 7) is 24.3. The van der Waals surface area contributed by atoms with E-state index in [2.05, 4.69) is 260 Å². The zero-order valence-electron chi connectivity index (χ0n) is 46.7. The summed E-state index contributed by atoms with van der Waals surface area (Å²) in [6.07, 6.45) is 7.62. The highest BCUT2D eigenvalue weighted by atomic mass is 15.0. The van der Waals surface area contributed by atoms with Crippen LogP contribution < -0.4 is 0 Å². The van der Waals surface area contributed by atoms with Crippen LogP contribution in [0.2, 0.25) is 0 Å². The Hall–Kier alpha value is -11.3. The molecule has 0 aliphatic heterocycles. The van der Waals surface area contributed by atoms with Crippen LogP contribution in [0.15, 0.2) is 243 Å². The van der Waals surface area contributed by atoms with E-state index in [0.717, 1.165) is 89.1 Å². The molecule has 0 spiro atoms. The van der Waals surface area contributed by atoms with E-state index < -0.39 is 0 Å². The lowest BCUT2D eigenvalue weighted by Crippen LogP contribution is -2.02. The van der Waals surface area contributed by atoms with Crippen LogP contribution in [0.25, 0.3) is 142 Å². The van der Waals surface area contributed by atoms with Crippen molar-refractivity contribution in [2.75, 3.05) is 0 Å². The summed E-state index contributed by atoms with van der Waals surface area (Å²) in [5.41, 5.74) is 23.2. The molecule has 0 fully saturated rings. The van der Waals surface area contributed by atoms with Gasteiger partial charge in [0.25, 0.3) is 0 Å². The average molecular weight is 1080 g/mol. The summed E-state index contributed by atoms with van der Waals surface area (Å²) in [4.78, 5) is 16.9. The van der Waals surface area contributed by atoms with Crippen LogP contribution in [0, 0.1) is 40.8 Å². The molecule has 8 nitrogen and oxygen atoms in total. The smallest absolute Gasteiger partial charge is 0.189 e. The van der Waals surface area contributed by atoms with Crippen molar-refractivity contribution in [1.29, 1.82) is 0 Å². The molecule has 0 saturated heterocycles. The van der Waals surface area contributed by atoms with Gasteiger partial charge in [-0.1, -0.05) is 138 Å². The molecule has 16 rings (SSSR count). The topological polar surface area (TPSA) is 54.2 Å². The maximum absolute atomic E-state index is 7.86. The van der Waals surface area contributed by atoms with Crippen molar-refractivity contribution < 1.29 is 0 Å². The number of para-hydroxylation sites is 4. The number of hydrogen-bond donors (Lipinski definition) is 0. The van der Waals surface area contributed by atoms with E-state index in [0.29, 0.717) is 11.4 Å². The first-order chi connectivity index (χ1) is 41.2. The normalized spacial score (nSPS) is 11.5. The second kappa shape index (κ2) is 19.7. The lowest BCUT2D eigenvalue weighted by atomic mass is 10.0. The maximum Gasteiger partial charge on any atom is 0.189 e. The fourth-order valence-corrected chi connectivity index (χ4v) is 13.0. The van der Waals surface area contributed by atoms with Crippen molar-refractivity contribution in [2.24, 2.45) is 0 Å². The van der Waals surface area contributed by atoms with Crippen molar-refractivity contribution in [1.82, 2.24) is 28.2 Å². The first kappa shape index (κ1) is 49.7. The monoisotopic (exact) mass is 1080 g/mol. The van der Waals surface area contributed by atoms with Gasteiger partial charge in [0, 0.05) is 90.3 Å². The number of pyridine rings is 2. The van der Waals surface area contributed by atoms with Crippen molar-refractivity contribution in [3.63, 3.8) is 0 Å². The molecule has 0 aliphatic carbocycles. The first-order valence-electron chi connectivity index (χ1n) is 28.2. The van der Waals surface area contributed by atoms with Gasteiger partial charge >= 0.3 is 0 Å². The lowest BCUT2D eigenvalue weighted by Gasteiger charge is -2.18. The Labute approximate surface area is 485 Å². The van der Waals surface area contributed by atoms with Crippen LogP contribution in [0.3, 0.4) is 0 Å². The molecule has 0 atom stereocenters. The molecule has 0 saturated carbocycles. The summed E-state index contributed by atoms with van der Waals surface area (Å²) < 4.78 is 9.33. The van der Waals surface area contributed by atoms with Gasteiger partial charge in [-0.05, 0) is 136 Å². The van der Waals surface area contributed by atoms with E-state index in [4.69, 9.17) is 13.1 Å². The van der Waals surface area contributed by atoms with Crippen LogP contribution in [-0.4, -0.2) is 28.2 Å². The van der Waals surface area contributed by atoms with Crippen LogP contribution in [0.5, 0.6) is 0 Å². The van der Waals surface area contributed by atoms with E-state index in [1.807, 2.05) is 49.1 Å². The van der Waals surface area contributed by atoms with Gasteiger partial charge in [-0.15, -0.1) is 0 Å². The molecule has 0 aliphatic rings. The summed E-state index contributed by atoms with van der Waals surface area (Å²) in [5, 5.41) is 9.71. The number of benzene rings is 10. The number of rotatable bonds is 6. The summed E-state index contributed by atoms with van der Waals surface area (Å²) >= 11 is 0. The van der Waals surface area contributed by atoms with E-state index in [1.165, 1.54) is 65.3 Å². The molecule has 0 N–H and O–H groups in total. The molecule has 6 aromatic heterocycles. The summed E-state index contributed by atoms with van der Waals surface area (Å²) in [5.74, 6) is 0. The molecule has 6 heterocycles. The van der Waals surface area contributed by atoms with Crippen molar-refractivity contribution in [3.05, 3.63) is 288 Å². The molecule has 8 heteroatoms. The number of hydrogen-bond acceptors (Lipinski definition) is 2. The maximum atomic E-state index is 7.86. The fourth-order valence-electron chi connectivity index (χ4n) is 13.0. The summed E-state index contributed by atoms with van der Waals surface area (Å²) in [7, 11) is 0. The van der Waals surface area contributed by atoms with Gasteiger partial charge in [0.1, 0.15) is 0 Å². The van der Waals surface area contributed by atoms with E-state index in [9.17, 15) is 0 Å². The van der Waals surface area contributed by atoms with Gasteiger partial charge in [0.05, 0.1) is 74.3 Å². The van der Waals surface area contributed by atoms with Crippen LogP contribution >= 0.6 is 0 Å². The van der Waals surface area contributed by atoms with E-state index in [-0.39, 0.29) is 0 Å². The second-order valence-corrected chi connectivity index (χ2v) is 21.9. The van der Waals surface area contributed by atoms with Gasteiger partial charge in [0.2, 0.25) is 0 Å². The predicted molar refractivity (Wildman–Crippen MR) is 348 cm³/mol. The third-order valence-corrected chi connectivity index (χ3v) is 16.7. The first-order valence-corrected chi connectivity index (χ1v) is 28.2. The lowest BCUT2D eigenvalue weighted by molar-refractivity contribution is 1.14. The van der Waals surface area contributed by atoms with Gasteiger partial charge in [-0.2, -0.15) is 0 Å². The molecule has 0 unspecified atom stereocenters. The summed E-state index contributed by atoms with van der Waals surface area (Å²) in [6, 6.07) is 77.0. The van der Waals surface area contributed by atoms with E-state index >= 15 is 0 Å². The molecule has 0 bridgehead atoms. The minimum atomic E-state index is 0.595. The molecule has 16 aromatic rings.